The predicted octanol–water partition coefficient (Wildman–Crippen LogP) is 2.40. The lowest BCUT2D eigenvalue weighted by Gasteiger charge is -2.36. The van der Waals surface area contributed by atoms with Crippen molar-refractivity contribution in [3.05, 3.63) is 35.9 Å². The Bertz CT molecular complexity index is 410. The second-order valence-electron chi connectivity index (χ2n) is 6.66. The zero-order chi connectivity index (χ0) is 14.5. The van der Waals surface area contributed by atoms with E-state index in [4.69, 9.17) is 0 Å². The molecule has 1 saturated carbocycles. The molecule has 1 aromatic carbocycles. The third kappa shape index (κ3) is 4.53. The number of nitrogens with zero attached hydrogens (tertiary/aromatic N) is 1. The van der Waals surface area contributed by atoms with Crippen LogP contribution in [0.3, 0.4) is 0 Å². The van der Waals surface area contributed by atoms with Gasteiger partial charge >= 0.3 is 0 Å². The Morgan fingerprint density at radius 2 is 1.81 bits per heavy atom. The lowest BCUT2D eigenvalue weighted by molar-refractivity contribution is 0.138. The van der Waals surface area contributed by atoms with Gasteiger partial charge in [-0.3, -0.25) is 4.90 Å². The first-order chi connectivity index (χ1) is 10.3. The van der Waals surface area contributed by atoms with E-state index in [1.807, 2.05) is 0 Å². The van der Waals surface area contributed by atoms with Crippen LogP contribution in [-0.2, 0) is 6.54 Å². The molecule has 0 bridgehead atoms. The van der Waals surface area contributed by atoms with Crippen LogP contribution >= 0.6 is 0 Å². The monoisotopic (exact) mass is 288 g/mol. The minimum absolute atomic E-state index is 0.314. The zero-order valence-corrected chi connectivity index (χ0v) is 12.9. The third-order valence-corrected chi connectivity index (χ3v) is 4.92. The summed E-state index contributed by atoms with van der Waals surface area (Å²) in [5, 5.41) is 13.0. The van der Waals surface area contributed by atoms with Crippen LogP contribution in [0.25, 0.3) is 0 Å². The highest BCUT2D eigenvalue weighted by molar-refractivity contribution is 5.14. The van der Waals surface area contributed by atoms with E-state index in [-0.39, 0.29) is 0 Å². The summed E-state index contributed by atoms with van der Waals surface area (Å²) in [4.78, 5) is 2.57. The molecule has 2 aliphatic rings. The molecular weight excluding hydrogens is 260 g/mol. The number of piperidine rings is 1. The van der Waals surface area contributed by atoms with Gasteiger partial charge in [-0.25, -0.2) is 0 Å². The van der Waals surface area contributed by atoms with E-state index in [0.717, 1.165) is 24.9 Å². The van der Waals surface area contributed by atoms with Crippen molar-refractivity contribution in [2.24, 2.45) is 5.92 Å². The van der Waals surface area contributed by atoms with Gasteiger partial charge in [0, 0.05) is 25.2 Å². The number of nitrogens with one attached hydrogen (secondary N) is 1. The predicted molar refractivity (Wildman–Crippen MR) is 86.1 cm³/mol. The molecule has 1 heterocycles. The summed E-state index contributed by atoms with van der Waals surface area (Å²) in [6, 6.07) is 12.0. The Hall–Kier alpha value is -0.900. The summed E-state index contributed by atoms with van der Waals surface area (Å²) in [7, 11) is 0. The number of hydrogen-bond donors (Lipinski definition) is 2. The average Bonchev–Trinajstić information content (AvgIpc) is 3.33. The van der Waals surface area contributed by atoms with Crippen LogP contribution in [0.15, 0.2) is 30.3 Å². The van der Waals surface area contributed by atoms with Crippen LogP contribution in [0.4, 0.5) is 0 Å². The van der Waals surface area contributed by atoms with Gasteiger partial charge in [0.25, 0.3) is 0 Å². The highest BCUT2D eigenvalue weighted by Gasteiger charge is 2.31. The van der Waals surface area contributed by atoms with Gasteiger partial charge in [0.1, 0.15) is 0 Å². The second-order valence-corrected chi connectivity index (χ2v) is 6.66. The summed E-state index contributed by atoms with van der Waals surface area (Å²) in [6.45, 7) is 3.77. The van der Waals surface area contributed by atoms with Gasteiger partial charge in [0.2, 0.25) is 0 Å². The summed E-state index contributed by atoms with van der Waals surface area (Å²) in [5.41, 5.74) is 1.42. The van der Waals surface area contributed by atoms with Crippen molar-refractivity contribution in [1.82, 2.24) is 10.2 Å². The maximum absolute atomic E-state index is 9.30. The van der Waals surface area contributed by atoms with E-state index in [1.54, 1.807) is 0 Å². The molecule has 1 unspecified atom stereocenters. The normalized spacial score (nSPS) is 22.3. The average molecular weight is 288 g/mol. The maximum atomic E-state index is 9.30. The van der Waals surface area contributed by atoms with E-state index < -0.39 is 0 Å². The Morgan fingerprint density at radius 1 is 1.10 bits per heavy atom. The largest absolute Gasteiger partial charge is 0.396 e. The second kappa shape index (κ2) is 7.39. The van der Waals surface area contributed by atoms with Crippen molar-refractivity contribution in [2.75, 3.05) is 19.7 Å². The number of aliphatic hydroxyl groups excluding tert-OH is 1. The number of likely N-dealkylation sites (tertiary alicyclic amines) is 1. The van der Waals surface area contributed by atoms with Crippen LogP contribution in [-0.4, -0.2) is 41.8 Å². The van der Waals surface area contributed by atoms with Gasteiger partial charge in [0.15, 0.2) is 0 Å². The first-order valence-corrected chi connectivity index (χ1v) is 8.48. The van der Waals surface area contributed by atoms with Crippen molar-refractivity contribution in [1.29, 1.82) is 0 Å². The van der Waals surface area contributed by atoms with Crippen LogP contribution in [0.5, 0.6) is 0 Å². The molecule has 3 rings (SSSR count). The Morgan fingerprint density at radius 3 is 2.43 bits per heavy atom. The fourth-order valence-corrected chi connectivity index (χ4v) is 3.50. The van der Waals surface area contributed by atoms with Gasteiger partial charge in [-0.1, -0.05) is 30.3 Å². The van der Waals surface area contributed by atoms with Crippen LogP contribution in [0.2, 0.25) is 0 Å². The lowest BCUT2D eigenvalue weighted by Crippen LogP contribution is -2.44. The Kier molecular flexibility index (Phi) is 5.28. The van der Waals surface area contributed by atoms with E-state index in [0.29, 0.717) is 12.6 Å². The summed E-state index contributed by atoms with van der Waals surface area (Å²) in [5.74, 6) is 0.741. The molecule has 0 aromatic heterocycles. The summed E-state index contributed by atoms with van der Waals surface area (Å²) >= 11 is 0. The van der Waals surface area contributed by atoms with Crippen molar-refractivity contribution in [3.63, 3.8) is 0 Å². The quantitative estimate of drug-likeness (QED) is 0.809. The van der Waals surface area contributed by atoms with E-state index in [9.17, 15) is 5.11 Å². The number of hydrogen-bond acceptors (Lipinski definition) is 3. The fraction of sp³-hybridized carbons (Fsp3) is 0.667. The fourth-order valence-electron chi connectivity index (χ4n) is 3.50. The summed E-state index contributed by atoms with van der Waals surface area (Å²) < 4.78 is 0. The van der Waals surface area contributed by atoms with Gasteiger partial charge in [-0.05, 0) is 56.7 Å². The molecule has 3 heteroatoms. The first kappa shape index (κ1) is 15.0. The van der Waals surface area contributed by atoms with Gasteiger partial charge in [0.05, 0.1) is 0 Å². The number of rotatable bonds is 7. The van der Waals surface area contributed by atoms with Crippen molar-refractivity contribution >= 4 is 0 Å². The van der Waals surface area contributed by atoms with E-state index in [1.165, 1.54) is 44.3 Å². The number of benzene rings is 1. The highest BCUT2D eigenvalue weighted by Crippen LogP contribution is 2.27. The molecule has 1 aliphatic carbocycles. The molecule has 1 aliphatic heterocycles. The van der Waals surface area contributed by atoms with Crippen LogP contribution < -0.4 is 5.32 Å². The highest BCUT2D eigenvalue weighted by atomic mass is 16.3. The van der Waals surface area contributed by atoms with Crippen molar-refractivity contribution < 1.29 is 5.11 Å². The standard InChI is InChI=1S/C18H28N2O/c21-13-10-18(19-17-6-7-17)16-8-11-20(12-9-16)14-15-4-2-1-3-5-15/h1-5,16-19,21H,6-14H2. The smallest absolute Gasteiger partial charge is 0.0445 e. The molecule has 2 N–H and O–H groups in total. The molecule has 1 saturated heterocycles. The molecule has 1 atom stereocenters. The van der Waals surface area contributed by atoms with Gasteiger partial charge < -0.3 is 10.4 Å². The Labute approximate surface area is 128 Å². The molecule has 3 nitrogen and oxygen atoms in total. The molecule has 21 heavy (non-hydrogen) atoms. The van der Waals surface area contributed by atoms with E-state index >= 15 is 0 Å². The minimum Gasteiger partial charge on any atom is -0.396 e. The van der Waals surface area contributed by atoms with Crippen LogP contribution in [0.1, 0.15) is 37.7 Å². The molecule has 116 valence electrons. The first-order valence-electron chi connectivity index (χ1n) is 8.48. The number of aliphatic hydroxyl groups is 1. The van der Waals surface area contributed by atoms with Gasteiger partial charge in [-0.15, -0.1) is 0 Å². The molecular formula is C18H28N2O. The maximum Gasteiger partial charge on any atom is 0.0445 e. The lowest BCUT2D eigenvalue weighted by atomic mass is 9.87. The van der Waals surface area contributed by atoms with Crippen molar-refractivity contribution in [2.45, 2.75) is 50.7 Å². The molecule has 0 amide bonds. The molecule has 2 fully saturated rings. The topological polar surface area (TPSA) is 35.5 Å². The molecule has 1 aromatic rings. The van der Waals surface area contributed by atoms with Crippen molar-refractivity contribution in [3.8, 4) is 0 Å². The van der Waals surface area contributed by atoms with Crippen LogP contribution in [0, 0.1) is 5.92 Å². The SMILES string of the molecule is OCCC(NC1CC1)C1CCN(Cc2ccccc2)CC1. The zero-order valence-electron chi connectivity index (χ0n) is 12.9. The molecule has 0 spiro atoms. The summed E-state index contributed by atoms with van der Waals surface area (Å²) in [6.07, 6.45) is 6.10. The Balaban J connectivity index is 1.46. The molecule has 0 radical (unpaired) electrons. The van der Waals surface area contributed by atoms with Gasteiger partial charge in [-0.2, -0.15) is 0 Å². The minimum atomic E-state index is 0.314. The van der Waals surface area contributed by atoms with E-state index in [2.05, 4.69) is 40.5 Å². The third-order valence-electron chi connectivity index (χ3n) is 4.92.